The molecule has 0 aliphatic heterocycles. The molecule has 0 aromatic heterocycles. The fraction of sp³-hybridized carbons (Fsp3) is 0.333. The quantitative estimate of drug-likeness (QED) is 0.399. The number of benzene rings is 1. The van der Waals surface area contributed by atoms with Crippen LogP contribution in [-0.4, -0.2) is 24.5 Å². The lowest BCUT2D eigenvalue weighted by atomic mass is 10.1. The molecule has 1 aromatic rings. The Labute approximate surface area is 111 Å². The van der Waals surface area contributed by atoms with Crippen molar-refractivity contribution in [2.75, 3.05) is 6.61 Å². The standard InChI is InChI=1S/C12H11F4NO3/c1-3-20-12(19)5(2)17-11(18)6-4-7(13)9(15)10(16)8(6)14/h4-5H,3H2,1-2H3,(H,17,18). The number of nitrogens with one attached hydrogen (secondary N) is 1. The van der Waals surface area contributed by atoms with Gasteiger partial charge in [-0.15, -0.1) is 0 Å². The summed E-state index contributed by atoms with van der Waals surface area (Å²) < 4.78 is 56.6. The Morgan fingerprint density at radius 1 is 1.20 bits per heavy atom. The van der Waals surface area contributed by atoms with Gasteiger partial charge in [0, 0.05) is 0 Å². The number of ether oxygens (including phenoxy) is 1. The van der Waals surface area contributed by atoms with E-state index in [1.54, 1.807) is 0 Å². The van der Waals surface area contributed by atoms with Crippen LogP contribution in [-0.2, 0) is 9.53 Å². The molecule has 20 heavy (non-hydrogen) atoms. The number of amides is 1. The summed E-state index contributed by atoms with van der Waals surface area (Å²) in [5.74, 6) is -9.73. The van der Waals surface area contributed by atoms with Gasteiger partial charge in [-0.1, -0.05) is 0 Å². The van der Waals surface area contributed by atoms with E-state index in [1.165, 1.54) is 13.8 Å². The average Bonchev–Trinajstić information content (AvgIpc) is 2.40. The van der Waals surface area contributed by atoms with Crippen molar-refractivity contribution < 1.29 is 31.9 Å². The Hall–Kier alpha value is -2.12. The Kier molecular flexibility index (Phi) is 5.06. The molecule has 8 heteroatoms. The van der Waals surface area contributed by atoms with Gasteiger partial charge in [-0.3, -0.25) is 4.79 Å². The summed E-state index contributed by atoms with van der Waals surface area (Å²) in [6, 6.07) is -0.945. The molecule has 1 amide bonds. The minimum absolute atomic E-state index is 0.0627. The van der Waals surface area contributed by atoms with Gasteiger partial charge >= 0.3 is 5.97 Å². The molecular weight excluding hydrogens is 282 g/mol. The SMILES string of the molecule is CCOC(=O)C(C)NC(=O)c1cc(F)c(F)c(F)c1F. The number of rotatable bonds is 4. The predicted octanol–water partition coefficient (Wildman–Crippen LogP) is 1.92. The molecular formula is C12H11F4NO3. The largest absolute Gasteiger partial charge is 0.464 e. The third kappa shape index (κ3) is 3.25. The molecule has 0 saturated carbocycles. The molecule has 1 rings (SSSR count). The Morgan fingerprint density at radius 2 is 1.80 bits per heavy atom. The van der Waals surface area contributed by atoms with E-state index >= 15 is 0 Å². The number of carbonyl (C=O) groups is 2. The highest BCUT2D eigenvalue weighted by molar-refractivity contribution is 5.96. The van der Waals surface area contributed by atoms with E-state index in [-0.39, 0.29) is 12.7 Å². The molecule has 1 N–H and O–H groups in total. The van der Waals surface area contributed by atoms with Gasteiger partial charge in [-0.25, -0.2) is 22.4 Å². The Bertz CT molecular complexity index is 548. The summed E-state index contributed by atoms with van der Waals surface area (Å²) in [6.45, 7) is 2.84. The van der Waals surface area contributed by atoms with Crippen LogP contribution in [0, 0.1) is 23.3 Å². The smallest absolute Gasteiger partial charge is 0.328 e. The van der Waals surface area contributed by atoms with Crippen LogP contribution in [0.3, 0.4) is 0 Å². The molecule has 4 nitrogen and oxygen atoms in total. The first-order valence-electron chi connectivity index (χ1n) is 5.60. The molecule has 0 fully saturated rings. The highest BCUT2D eigenvalue weighted by Gasteiger charge is 2.25. The van der Waals surface area contributed by atoms with Crippen molar-refractivity contribution >= 4 is 11.9 Å². The van der Waals surface area contributed by atoms with Crippen molar-refractivity contribution in [3.8, 4) is 0 Å². The third-order valence-corrected chi connectivity index (χ3v) is 2.33. The summed E-state index contributed by atoms with van der Waals surface area (Å²) in [5.41, 5.74) is -1.04. The van der Waals surface area contributed by atoms with Gasteiger partial charge in [0.05, 0.1) is 12.2 Å². The molecule has 1 aromatic carbocycles. The van der Waals surface area contributed by atoms with Crippen molar-refractivity contribution in [2.45, 2.75) is 19.9 Å². The lowest BCUT2D eigenvalue weighted by Gasteiger charge is -2.13. The highest BCUT2D eigenvalue weighted by atomic mass is 19.2. The normalized spacial score (nSPS) is 11.9. The highest BCUT2D eigenvalue weighted by Crippen LogP contribution is 2.18. The number of halogens is 4. The van der Waals surface area contributed by atoms with Crippen molar-refractivity contribution in [3.05, 3.63) is 34.9 Å². The topological polar surface area (TPSA) is 55.4 Å². The fourth-order valence-electron chi connectivity index (χ4n) is 1.34. The molecule has 1 unspecified atom stereocenters. The maximum atomic E-state index is 13.3. The summed E-state index contributed by atoms with van der Waals surface area (Å²) in [4.78, 5) is 22.8. The Balaban J connectivity index is 2.97. The second kappa shape index (κ2) is 6.36. The first kappa shape index (κ1) is 15.9. The van der Waals surface area contributed by atoms with Crippen molar-refractivity contribution in [3.63, 3.8) is 0 Å². The van der Waals surface area contributed by atoms with E-state index in [0.29, 0.717) is 0 Å². The first-order chi connectivity index (χ1) is 9.29. The van der Waals surface area contributed by atoms with Gasteiger partial charge in [-0.05, 0) is 19.9 Å². The van der Waals surface area contributed by atoms with Gasteiger partial charge in [0.1, 0.15) is 6.04 Å². The molecule has 1 atom stereocenters. The predicted molar refractivity (Wildman–Crippen MR) is 59.8 cm³/mol. The van der Waals surface area contributed by atoms with E-state index in [0.717, 1.165) is 0 Å². The van der Waals surface area contributed by atoms with Crippen LogP contribution in [0.1, 0.15) is 24.2 Å². The van der Waals surface area contributed by atoms with Crippen LogP contribution in [0.4, 0.5) is 17.6 Å². The van der Waals surface area contributed by atoms with Crippen LogP contribution in [0.25, 0.3) is 0 Å². The number of esters is 1. The van der Waals surface area contributed by atoms with E-state index in [9.17, 15) is 27.2 Å². The molecule has 0 saturated heterocycles. The summed E-state index contributed by atoms with van der Waals surface area (Å²) in [7, 11) is 0. The fourth-order valence-corrected chi connectivity index (χ4v) is 1.34. The zero-order chi connectivity index (χ0) is 15.4. The molecule has 0 heterocycles. The second-order valence-electron chi connectivity index (χ2n) is 3.80. The Morgan fingerprint density at radius 3 is 2.35 bits per heavy atom. The van der Waals surface area contributed by atoms with E-state index in [4.69, 9.17) is 0 Å². The van der Waals surface area contributed by atoms with Crippen LogP contribution in [0.2, 0.25) is 0 Å². The zero-order valence-electron chi connectivity index (χ0n) is 10.6. The molecule has 0 aliphatic carbocycles. The average molecular weight is 293 g/mol. The van der Waals surface area contributed by atoms with Crippen LogP contribution < -0.4 is 5.32 Å². The molecule has 0 spiro atoms. The van der Waals surface area contributed by atoms with Crippen molar-refractivity contribution in [1.82, 2.24) is 5.32 Å². The van der Waals surface area contributed by atoms with Crippen molar-refractivity contribution in [1.29, 1.82) is 0 Å². The van der Waals surface area contributed by atoms with Crippen LogP contribution in [0.5, 0.6) is 0 Å². The van der Waals surface area contributed by atoms with Crippen molar-refractivity contribution in [2.24, 2.45) is 0 Å². The van der Waals surface area contributed by atoms with Crippen LogP contribution in [0.15, 0.2) is 6.07 Å². The maximum Gasteiger partial charge on any atom is 0.328 e. The van der Waals surface area contributed by atoms with E-state index < -0.39 is 46.8 Å². The number of hydrogen-bond acceptors (Lipinski definition) is 3. The zero-order valence-corrected chi connectivity index (χ0v) is 10.6. The number of hydrogen-bond donors (Lipinski definition) is 1. The first-order valence-corrected chi connectivity index (χ1v) is 5.60. The minimum Gasteiger partial charge on any atom is -0.464 e. The maximum absolute atomic E-state index is 13.3. The van der Waals surface area contributed by atoms with Gasteiger partial charge in [0.2, 0.25) is 0 Å². The van der Waals surface area contributed by atoms with E-state index in [1.807, 2.05) is 5.32 Å². The second-order valence-corrected chi connectivity index (χ2v) is 3.80. The lowest BCUT2D eigenvalue weighted by molar-refractivity contribution is -0.144. The summed E-state index contributed by atoms with van der Waals surface area (Å²) >= 11 is 0. The lowest BCUT2D eigenvalue weighted by Crippen LogP contribution is -2.40. The minimum atomic E-state index is -2.10. The third-order valence-electron chi connectivity index (χ3n) is 2.33. The monoisotopic (exact) mass is 293 g/mol. The molecule has 110 valence electrons. The van der Waals surface area contributed by atoms with Gasteiger partial charge in [0.15, 0.2) is 23.3 Å². The molecule has 0 aliphatic rings. The number of carbonyl (C=O) groups excluding carboxylic acids is 2. The van der Waals surface area contributed by atoms with E-state index in [2.05, 4.69) is 4.74 Å². The summed E-state index contributed by atoms with van der Waals surface area (Å²) in [6.07, 6.45) is 0. The van der Waals surface area contributed by atoms with Crippen LogP contribution >= 0.6 is 0 Å². The molecule has 0 bridgehead atoms. The summed E-state index contributed by atoms with van der Waals surface area (Å²) in [5, 5.41) is 1.99. The van der Waals surface area contributed by atoms with Gasteiger partial charge in [0.25, 0.3) is 5.91 Å². The molecule has 0 radical (unpaired) electrons. The van der Waals surface area contributed by atoms with Gasteiger partial charge in [-0.2, -0.15) is 0 Å². The van der Waals surface area contributed by atoms with Gasteiger partial charge < -0.3 is 10.1 Å².